The zero-order valence-corrected chi connectivity index (χ0v) is 11.1. The molecule has 6 heteroatoms. The Morgan fingerprint density at radius 1 is 1.44 bits per heavy atom. The predicted octanol–water partition coefficient (Wildman–Crippen LogP) is 0.951. The van der Waals surface area contributed by atoms with Gasteiger partial charge in [-0.15, -0.1) is 0 Å². The Kier molecular flexibility index (Phi) is 5.46. The number of hydrogen-bond acceptors (Lipinski definition) is 6. The third kappa shape index (κ3) is 4.21. The van der Waals surface area contributed by atoms with E-state index in [9.17, 15) is 15.0 Å². The van der Waals surface area contributed by atoms with E-state index in [0.717, 1.165) is 11.8 Å². The Bertz CT molecular complexity index is 425. The molecule has 0 saturated heterocycles. The summed E-state index contributed by atoms with van der Waals surface area (Å²) in [6.07, 6.45) is -2.14. The van der Waals surface area contributed by atoms with Gasteiger partial charge in [-0.05, 0) is 17.7 Å². The second kappa shape index (κ2) is 6.63. The van der Waals surface area contributed by atoms with Gasteiger partial charge in [0.15, 0.2) is 5.12 Å². The molecule has 0 amide bonds. The quantitative estimate of drug-likeness (QED) is 0.691. The zero-order chi connectivity index (χ0) is 13.7. The molecular weight excluding hydrogens is 254 g/mol. The molecule has 100 valence electrons. The highest BCUT2D eigenvalue weighted by Gasteiger charge is 2.20. The standard InChI is InChI=1S/C12H17NO4S/c1-7(14)18-6-11(15)12(16)8-3-9(13)5-10(4-8)17-2/h3-5,11-12,15-16H,6,13H2,1-2H3. The third-order valence-electron chi connectivity index (χ3n) is 2.35. The van der Waals surface area contributed by atoms with E-state index >= 15 is 0 Å². The number of carbonyl (C=O) groups excluding carboxylic acids is 1. The van der Waals surface area contributed by atoms with Crippen LogP contribution in [-0.2, 0) is 4.79 Å². The summed E-state index contributed by atoms with van der Waals surface area (Å²) in [5.41, 5.74) is 6.56. The minimum atomic E-state index is -1.10. The molecule has 2 atom stereocenters. The van der Waals surface area contributed by atoms with Crippen molar-refractivity contribution in [3.8, 4) is 5.75 Å². The molecule has 1 aromatic rings. The van der Waals surface area contributed by atoms with E-state index in [1.807, 2.05) is 0 Å². The van der Waals surface area contributed by atoms with Crippen molar-refractivity contribution in [3.63, 3.8) is 0 Å². The van der Waals surface area contributed by atoms with Gasteiger partial charge < -0.3 is 20.7 Å². The highest BCUT2D eigenvalue weighted by Crippen LogP contribution is 2.26. The van der Waals surface area contributed by atoms with Crippen LogP contribution in [0.25, 0.3) is 0 Å². The predicted molar refractivity (Wildman–Crippen MR) is 71.5 cm³/mol. The summed E-state index contributed by atoms with van der Waals surface area (Å²) in [5, 5.41) is 19.6. The fraction of sp³-hybridized carbons (Fsp3) is 0.417. The fourth-order valence-corrected chi connectivity index (χ4v) is 2.04. The number of benzene rings is 1. The zero-order valence-electron chi connectivity index (χ0n) is 10.3. The van der Waals surface area contributed by atoms with Gasteiger partial charge in [0, 0.05) is 24.4 Å². The van der Waals surface area contributed by atoms with Crippen LogP contribution in [0.4, 0.5) is 5.69 Å². The summed E-state index contributed by atoms with van der Waals surface area (Å²) in [4.78, 5) is 10.8. The number of ether oxygens (including phenoxy) is 1. The number of thioether (sulfide) groups is 1. The first-order valence-electron chi connectivity index (χ1n) is 5.38. The molecule has 0 fully saturated rings. The molecule has 0 aliphatic rings. The van der Waals surface area contributed by atoms with Crippen LogP contribution >= 0.6 is 11.8 Å². The van der Waals surface area contributed by atoms with Crippen LogP contribution in [0.3, 0.4) is 0 Å². The number of rotatable bonds is 5. The SMILES string of the molecule is COc1cc(N)cc(C(O)C(O)CSC(C)=O)c1. The van der Waals surface area contributed by atoms with Crippen LogP contribution in [0, 0.1) is 0 Å². The third-order valence-corrected chi connectivity index (χ3v) is 3.26. The molecular formula is C12H17NO4S. The van der Waals surface area contributed by atoms with Gasteiger partial charge in [-0.1, -0.05) is 11.8 Å². The molecule has 1 aromatic carbocycles. The lowest BCUT2D eigenvalue weighted by Gasteiger charge is -2.18. The summed E-state index contributed by atoms with van der Waals surface area (Å²) in [5.74, 6) is 0.642. The Morgan fingerprint density at radius 2 is 2.11 bits per heavy atom. The maximum Gasteiger partial charge on any atom is 0.185 e. The van der Waals surface area contributed by atoms with E-state index in [1.165, 1.54) is 14.0 Å². The maximum atomic E-state index is 10.8. The van der Waals surface area contributed by atoms with Crippen molar-refractivity contribution in [1.29, 1.82) is 0 Å². The minimum absolute atomic E-state index is 0.105. The highest BCUT2D eigenvalue weighted by atomic mass is 32.2. The number of nitrogens with two attached hydrogens (primary N) is 1. The fourth-order valence-electron chi connectivity index (χ4n) is 1.45. The molecule has 2 unspecified atom stereocenters. The van der Waals surface area contributed by atoms with Crippen LogP contribution in [0.5, 0.6) is 5.75 Å². The molecule has 1 rings (SSSR count). The van der Waals surface area contributed by atoms with Gasteiger partial charge in [-0.25, -0.2) is 0 Å². The summed E-state index contributed by atoms with van der Waals surface area (Å²) in [6.45, 7) is 1.41. The van der Waals surface area contributed by atoms with E-state index in [-0.39, 0.29) is 10.9 Å². The molecule has 0 radical (unpaired) electrons. The van der Waals surface area contributed by atoms with Crippen LogP contribution in [-0.4, -0.2) is 34.3 Å². The second-order valence-corrected chi connectivity index (χ2v) is 5.05. The number of methoxy groups -OCH3 is 1. The Balaban J connectivity index is 2.79. The Morgan fingerprint density at radius 3 is 2.67 bits per heavy atom. The normalized spacial score (nSPS) is 14.0. The Hall–Kier alpha value is -1.24. The highest BCUT2D eigenvalue weighted by molar-refractivity contribution is 8.13. The lowest BCUT2D eigenvalue weighted by Crippen LogP contribution is -2.21. The van der Waals surface area contributed by atoms with Gasteiger partial charge in [0.2, 0.25) is 0 Å². The largest absolute Gasteiger partial charge is 0.497 e. The summed E-state index contributed by atoms with van der Waals surface area (Å²) in [7, 11) is 1.49. The second-order valence-electron chi connectivity index (χ2n) is 3.85. The number of aliphatic hydroxyl groups is 2. The molecule has 18 heavy (non-hydrogen) atoms. The minimum Gasteiger partial charge on any atom is -0.497 e. The molecule has 0 heterocycles. The first-order valence-corrected chi connectivity index (χ1v) is 6.36. The van der Waals surface area contributed by atoms with E-state index in [1.54, 1.807) is 18.2 Å². The number of nitrogen functional groups attached to an aromatic ring is 1. The van der Waals surface area contributed by atoms with Crippen molar-refractivity contribution in [2.45, 2.75) is 19.1 Å². The van der Waals surface area contributed by atoms with Gasteiger partial charge in [-0.3, -0.25) is 4.79 Å². The van der Waals surface area contributed by atoms with E-state index < -0.39 is 12.2 Å². The van der Waals surface area contributed by atoms with Gasteiger partial charge in [0.1, 0.15) is 11.9 Å². The van der Waals surface area contributed by atoms with E-state index in [2.05, 4.69) is 0 Å². The van der Waals surface area contributed by atoms with E-state index in [4.69, 9.17) is 10.5 Å². The Labute approximate surface area is 110 Å². The number of aliphatic hydroxyl groups excluding tert-OH is 2. The van der Waals surface area contributed by atoms with Gasteiger partial charge >= 0.3 is 0 Å². The molecule has 5 nitrogen and oxygen atoms in total. The van der Waals surface area contributed by atoms with Crippen LogP contribution in [0.15, 0.2) is 18.2 Å². The van der Waals surface area contributed by atoms with Crippen molar-refractivity contribution in [2.75, 3.05) is 18.6 Å². The molecule has 4 N–H and O–H groups in total. The van der Waals surface area contributed by atoms with Crippen molar-refractivity contribution >= 4 is 22.6 Å². The lowest BCUT2D eigenvalue weighted by molar-refractivity contribution is -0.109. The number of anilines is 1. The van der Waals surface area contributed by atoms with Crippen molar-refractivity contribution in [1.82, 2.24) is 0 Å². The van der Waals surface area contributed by atoms with Crippen LogP contribution < -0.4 is 10.5 Å². The topological polar surface area (TPSA) is 92.8 Å². The number of hydrogen-bond donors (Lipinski definition) is 3. The number of carbonyl (C=O) groups is 1. The molecule has 0 spiro atoms. The molecule has 0 aliphatic heterocycles. The van der Waals surface area contributed by atoms with Gasteiger partial charge in [0.05, 0.1) is 13.2 Å². The smallest absolute Gasteiger partial charge is 0.185 e. The lowest BCUT2D eigenvalue weighted by atomic mass is 10.0. The maximum absolute atomic E-state index is 10.8. The summed E-state index contributed by atoms with van der Waals surface area (Å²) in [6, 6.07) is 4.78. The summed E-state index contributed by atoms with van der Waals surface area (Å²) < 4.78 is 5.03. The first kappa shape index (κ1) is 14.8. The molecule has 0 aliphatic carbocycles. The van der Waals surface area contributed by atoms with Crippen LogP contribution in [0.2, 0.25) is 0 Å². The van der Waals surface area contributed by atoms with Crippen molar-refractivity contribution in [2.24, 2.45) is 0 Å². The average Bonchev–Trinajstić information content (AvgIpc) is 2.34. The average molecular weight is 271 g/mol. The molecule has 0 aromatic heterocycles. The monoisotopic (exact) mass is 271 g/mol. The summed E-state index contributed by atoms with van der Waals surface area (Å²) >= 11 is 0.965. The van der Waals surface area contributed by atoms with E-state index in [0.29, 0.717) is 17.0 Å². The molecule has 0 saturated carbocycles. The van der Waals surface area contributed by atoms with Crippen molar-refractivity contribution < 1.29 is 19.7 Å². The first-order chi connectivity index (χ1) is 8.43. The molecule has 0 bridgehead atoms. The van der Waals surface area contributed by atoms with Crippen LogP contribution in [0.1, 0.15) is 18.6 Å². The van der Waals surface area contributed by atoms with Gasteiger partial charge in [0.25, 0.3) is 0 Å². The van der Waals surface area contributed by atoms with Crippen molar-refractivity contribution in [3.05, 3.63) is 23.8 Å². The van der Waals surface area contributed by atoms with Gasteiger partial charge in [-0.2, -0.15) is 0 Å².